The normalized spacial score (nSPS) is 15.1. The number of hydrogen-bond acceptors (Lipinski definition) is 6. The maximum absolute atomic E-state index is 13.2. The highest BCUT2D eigenvalue weighted by Crippen LogP contribution is 2.35. The molecule has 2 N–H and O–H groups in total. The first-order valence-electron chi connectivity index (χ1n) is 10.1. The van der Waals surface area contributed by atoms with Crippen LogP contribution >= 0.6 is 0 Å². The molecule has 4 rings (SSSR count). The Hall–Kier alpha value is -4.21. The number of methoxy groups -OCH3 is 1. The minimum atomic E-state index is -1.26. The predicted octanol–water partition coefficient (Wildman–Crippen LogP) is 2.92. The van der Waals surface area contributed by atoms with Gasteiger partial charge in [-0.1, -0.05) is 18.2 Å². The second-order valence-corrected chi connectivity index (χ2v) is 7.38. The first kappa shape index (κ1) is 23.5. The lowest BCUT2D eigenvalue weighted by Crippen LogP contribution is -2.28. The van der Waals surface area contributed by atoms with Crippen LogP contribution in [0.4, 0.5) is 4.79 Å². The largest absolute Gasteiger partial charge is 0.478 e. The Morgan fingerprint density at radius 1 is 1.18 bits per heavy atom. The fraction of sp³-hybridized carbons (Fsp3) is 0.261. The summed E-state index contributed by atoms with van der Waals surface area (Å²) in [6.45, 7) is 2.55. The molecule has 3 aromatic rings. The molecular weight excluding hydrogens is 430 g/mol. The predicted molar refractivity (Wildman–Crippen MR) is 117 cm³/mol. The van der Waals surface area contributed by atoms with Crippen molar-refractivity contribution in [3.63, 3.8) is 0 Å². The molecule has 172 valence electrons. The lowest BCUT2D eigenvalue weighted by molar-refractivity contribution is -0.134. The number of benzene rings is 1. The first-order chi connectivity index (χ1) is 15.7. The molecule has 1 atom stereocenters. The number of carbonyl (C=O) groups excluding carboxylic acids is 2. The van der Waals surface area contributed by atoms with E-state index in [4.69, 9.17) is 14.9 Å². The van der Waals surface area contributed by atoms with Crippen LogP contribution in [0.15, 0.2) is 48.8 Å². The molecule has 0 amide bonds. The van der Waals surface area contributed by atoms with E-state index in [0.29, 0.717) is 37.1 Å². The molecule has 1 unspecified atom stereocenters. The Morgan fingerprint density at radius 3 is 2.42 bits per heavy atom. The van der Waals surface area contributed by atoms with Gasteiger partial charge in [-0.25, -0.2) is 23.9 Å². The van der Waals surface area contributed by atoms with Crippen molar-refractivity contribution in [2.75, 3.05) is 7.11 Å². The third-order valence-corrected chi connectivity index (χ3v) is 5.39. The van der Waals surface area contributed by atoms with Crippen LogP contribution in [-0.2, 0) is 27.3 Å². The molecule has 0 saturated carbocycles. The number of hydrogen-bond donors (Lipinski definition) is 2. The SMILES string of the molecule is COC(=O)n1c2c(c3ccccc31)C(=O)C(Cn1ccnc1C)CC2.O=C(O)/C=C\C(=O)O. The van der Waals surface area contributed by atoms with Gasteiger partial charge in [0.2, 0.25) is 0 Å². The summed E-state index contributed by atoms with van der Waals surface area (Å²) in [6.07, 6.45) is 5.69. The van der Waals surface area contributed by atoms with E-state index in [1.54, 1.807) is 10.8 Å². The van der Waals surface area contributed by atoms with Crippen molar-refractivity contribution < 1.29 is 34.1 Å². The van der Waals surface area contributed by atoms with Crippen LogP contribution in [-0.4, -0.2) is 55.3 Å². The van der Waals surface area contributed by atoms with Crippen molar-refractivity contribution in [2.45, 2.75) is 26.3 Å². The van der Waals surface area contributed by atoms with Crippen molar-refractivity contribution in [1.29, 1.82) is 0 Å². The summed E-state index contributed by atoms with van der Waals surface area (Å²) in [7, 11) is 1.36. The van der Waals surface area contributed by atoms with E-state index in [-0.39, 0.29) is 11.7 Å². The third-order valence-electron chi connectivity index (χ3n) is 5.39. The summed E-state index contributed by atoms with van der Waals surface area (Å²) in [5.74, 6) is -1.64. The van der Waals surface area contributed by atoms with Gasteiger partial charge in [-0.15, -0.1) is 0 Å². The number of imidazole rings is 1. The monoisotopic (exact) mass is 453 g/mol. The number of carboxylic acid groups (broad SMARTS) is 2. The highest BCUT2D eigenvalue weighted by Gasteiger charge is 2.34. The summed E-state index contributed by atoms with van der Waals surface area (Å²) in [6, 6.07) is 7.51. The average Bonchev–Trinajstić information content (AvgIpc) is 3.35. The zero-order valence-electron chi connectivity index (χ0n) is 18.1. The molecule has 0 aliphatic heterocycles. The first-order valence-corrected chi connectivity index (χ1v) is 10.1. The van der Waals surface area contributed by atoms with Gasteiger partial charge in [0.1, 0.15) is 5.82 Å². The van der Waals surface area contributed by atoms with Crippen molar-refractivity contribution in [3.05, 3.63) is 65.9 Å². The molecule has 33 heavy (non-hydrogen) atoms. The second-order valence-electron chi connectivity index (χ2n) is 7.38. The van der Waals surface area contributed by atoms with E-state index in [9.17, 15) is 19.2 Å². The summed E-state index contributed by atoms with van der Waals surface area (Å²) < 4.78 is 8.48. The van der Waals surface area contributed by atoms with E-state index < -0.39 is 18.0 Å². The molecule has 0 bridgehead atoms. The minimum absolute atomic E-state index is 0.0909. The number of carboxylic acids is 2. The quantitative estimate of drug-likeness (QED) is 0.575. The molecule has 0 fully saturated rings. The number of ether oxygens (including phenoxy) is 1. The molecule has 2 aromatic heterocycles. The van der Waals surface area contributed by atoms with Gasteiger partial charge in [0, 0.05) is 53.7 Å². The lowest BCUT2D eigenvalue weighted by atomic mass is 9.85. The Balaban J connectivity index is 0.000000331. The number of rotatable bonds is 4. The zero-order chi connectivity index (χ0) is 24.1. The van der Waals surface area contributed by atoms with Gasteiger partial charge in [0.15, 0.2) is 5.78 Å². The number of para-hydroxylation sites is 1. The zero-order valence-corrected chi connectivity index (χ0v) is 18.1. The average molecular weight is 453 g/mol. The molecule has 1 aliphatic carbocycles. The smallest absolute Gasteiger partial charge is 0.418 e. The molecule has 10 heteroatoms. The van der Waals surface area contributed by atoms with Crippen molar-refractivity contribution in [3.8, 4) is 0 Å². The van der Waals surface area contributed by atoms with Gasteiger partial charge >= 0.3 is 18.0 Å². The third kappa shape index (κ3) is 5.00. The van der Waals surface area contributed by atoms with E-state index in [1.807, 2.05) is 42.0 Å². The molecule has 0 radical (unpaired) electrons. The molecule has 0 saturated heterocycles. The van der Waals surface area contributed by atoms with Gasteiger partial charge in [-0.2, -0.15) is 0 Å². The molecule has 0 spiro atoms. The standard InChI is InChI=1S/C19H19N3O3.C4H4O4/c1-12-20-9-10-21(12)11-13-7-8-16-17(18(13)23)14-5-3-4-6-15(14)22(16)19(24)25-2;5-3(6)1-2-4(7)8/h3-6,9-10,13H,7-8,11H2,1-2H3;1-2H,(H,5,6)(H,7,8)/b;2-1-. The van der Waals surface area contributed by atoms with Crippen molar-refractivity contribution in [2.24, 2.45) is 5.92 Å². The van der Waals surface area contributed by atoms with E-state index in [1.165, 1.54) is 7.11 Å². The highest BCUT2D eigenvalue weighted by molar-refractivity contribution is 6.13. The number of aryl methyl sites for hydroxylation is 1. The summed E-state index contributed by atoms with van der Waals surface area (Å²) in [5.41, 5.74) is 2.15. The summed E-state index contributed by atoms with van der Waals surface area (Å²) in [5, 5.41) is 16.4. The van der Waals surface area contributed by atoms with Gasteiger partial charge in [0.05, 0.1) is 12.6 Å². The molecule has 1 aliphatic rings. The lowest BCUT2D eigenvalue weighted by Gasteiger charge is -2.23. The van der Waals surface area contributed by atoms with E-state index in [0.717, 1.165) is 22.4 Å². The van der Waals surface area contributed by atoms with Crippen LogP contribution in [0.25, 0.3) is 10.9 Å². The highest BCUT2D eigenvalue weighted by atomic mass is 16.5. The Kier molecular flexibility index (Phi) is 7.07. The van der Waals surface area contributed by atoms with Crippen LogP contribution in [0.2, 0.25) is 0 Å². The summed E-state index contributed by atoms with van der Waals surface area (Å²) in [4.78, 5) is 48.8. The summed E-state index contributed by atoms with van der Waals surface area (Å²) >= 11 is 0. The maximum atomic E-state index is 13.2. The van der Waals surface area contributed by atoms with E-state index >= 15 is 0 Å². The number of carbonyl (C=O) groups is 4. The fourth-order valence-corrected chi connectivity index (χ4v) is 3.90. The molecule has 10 nitrogen and oxygen atoms in total. The molecular formula is C23H23N3O7. The number of fused-ring (bicyclic) bond motifs is 3. The number of aliphatic carboxylic acids is 2. The molecule has 1 aromatic carbocycles. The fourth-order valence-electron chi connectivity index (χ4n) is 3.90. The van der Waals surface area contributed by atoms with Crippen LogP contribution in [0.5, 0.6) is 0 Å². The Labute approximate surface area is 188 Å². The van der Waals surface area contributed by atoms with Gasteiger partial charge < -0.3 is 19.5 Å². The van der Waals surface area contributed by atoms with Crippen LogP contribution < -0.4 is 0 Å². The van der Waals surface area contributed by atoms with Crippen LogP contribution in [0.3, 0.4) is 0 Å². The van der Waals surface area contributed by atoms with Crippen molar-refractivity contribution in [1.82, 2.24) is 14.1 Å². The van der Waals surface area contributed by atoms with Crippen LogP contribution in [0.1, 0.15) is 28.3 Å². The topological polar surface area (TPSA) is 141 Å². The van der Waals surface area contributed by atoms with Crippen molar-refractivity contribution >= 4 is 34.7 Å². The number of nitrogens with zero attached hydrogens (tertiary/aromatic N) is 3. The second kappa shape index (κ2) is 9.94. The van der Waals surface area contributed by atoms with E-state index in [2.05, 4.69) is 4.98 Å². The number of Topliss-reactive ketones (excluding diaryl/α,β-unsaturated/α-hetero) is 1. The Bertz CT molecular complexity index is 1240. The Morgan fingerprint density at radius 2 is 1.85 bits per heavy atom. The van der Waals surface area contributed by atoms with Gasteiger partial charge in [-0.05, 0) is 25.8 Å². The minimum Gasteiger partial charge on any atom is -0.478 e. The van der Waals surface area contributed by atoms with Gasteiger partial charge in [-0.3, -0.25) is 4.79 Å². The molecule has 2 heterocycles. The number of aromatic nitrogens is 3. The number of ketones is 1. The maximum Gasteiger partial charge on any atom is 0.418 e. The van der Waals surface area contributed by atoms with Crippen LogP contribution in [0, 0.1) is 12.8 Å². The van der Waals surface area contributed by atoms with Gasteiger partial charge in [0.25, 0.3) is 0 Å².